The van der Waals surface area contributed by atoms with Crippen molar-refractivity contribution in [1.82, 2.24) is 4.90 Å². The summed E-state index contributed by atoms with van der Waals surface area (Å²) in [6.45, 7) is 4.97. The summed E-state index contributed by atoms with van der Waals surface area (Å²) in [5.41, 5.74) is 3.97. The Morgan fingerprint density at radius 2 is 1.93 bits per heavy atom. The SMILES string of the molecule is C=Cc1ccc(C(=O)N(C)c2ccccc2CCC2CCCCN2C)cc1. The van der Waals surface area contributed by atoms with Gasteiger partial charge >= 0.3 is 0 Å². The highest BCUT2D eigenvalue weighted by molar-refractivity contribution is 6.06. The molecular formula is C24H30N2O. The summed E-state index contributed by atoms with van der Waals surface area (Å²) in [5.74, 6) is 0.0212. The number of rotatable bonds is 6. The number of carbonyl (C=O) groups is 1. The third-order valence-corrected chi connectivity index (χ3v) is 5.72. The van der Waals surface area contributed by atoms with Crippen molar-refractivity contribution in [2.45, 2.75) is 38.1 Å². The van der Waals surface area contributed by atoms with Gasteiger partial charge in [-0.15, -0.1) is 0 Å². The second-order valence-corrected chi connectivity index (χ2v) is 7.49. The molecule has 0 spiro atoms. The Bertz CT molecular complexity index is 781. The topological polar surface area (TPSA) is 23.6 Å². The van der Waals surface area contributed by atoms with E-state index >= 15 is 0 Å². The van der Waals surface area contributed by atoms with Gasteiger partial charge in [0.05, 0.1) is 0 Å². The van der Waals surface area contributed by atoms with Crippen LogP contribution < -0.4 is 4.90 Å². The van der Waals surface area contributed by atoms with E-state index in [9.17, 15) is 4.79 Å². The number of anilines is 1. The predicted molar refractivity (Wildman–Crippen MR) is 114 cm³/mol. The molecule has 142 valence electrons. The van der Waals surface area contributed by atoms with E-state index in [0.717, 1.165) is 24.1 Å². The summed E-state index contributed by atoms with van der Waals surface area (Å²) in [5, 5.41) is 0. The van der Waals surface area contributed by atoms with Crippen molar-refractivity contribution in [3.8, 4) is 0 Å². The van der Waals surface area contributed by atoms with Crippen LogP contribution in [0, 0.1) is 0 Å². The van der Waals surface area contributed by atoms with Gasteiger partial charge in [0, 0.05) is 24.3 Å². The Labute approximate surface area is 163 Å². The summed E-state index contributed by atoms with van der Waals surface area (Å²) in [7, 11) is 4.10. The second-order valence-electron chi connectivity index (χ2n) is 7.49. The molecule has 1 heterocycles. The highest BCUT2D eigenvalue weighted by atomic mass is 16.2. The first-order chi connectivity index (χ1) is 13.1. The Hall–Kier alpha value is -2.39. The number of hydrogen-bond donors (Lipinski definition) is 0. The summed E-state index contributed by atoms with van der Waals surface area (Å²) >= 11 is 0. The van der Waals surface area contributed by atoms with Gasteiger partial charge in [-0.05, 0) is 68.6 Å². The van der Waals surface area contributed by atoms with Gasteiger partial charge in [0.15, 0.2) is 0 Å². The molecule has 2 aromatic carbocycles. The third-order valence-electron chi connectivity index (χ3n) is 5.72. The van der Waals surface area contributed by atoms with Crippen molar-refractivity contribution in [3.63, 3.8) is 0 Å². The number of aryl methyl sites for hydroxylation is 1. The normalized spacial score (nSPS) is 17.5. The van der Waals surface area contributed by atoms with E-state index in [1.165, 1.54) is 31.4 Å². The molecule has 0 saturated carbocycles. The second kappa shape index (κ2) is 9.01. The Balaban J connectivity index is 1.73. The minimum atomic E-state index is 0.0212. The zero-order chi connectivity index (χ0) is 19.2. The maximum absolute atomic E-state index is 12.9. The van der Waals surface area contributed by atoms with Crippen LogP contribution in [-0.4, -0.2) is 37.5 Å². The van der Waals surface area contributed by atoms with E-state index in [1.807, 2.05) is 37.4 Å². The van der Waals surface area contributed by atoms with Gasteiger partial charge in [-0.1, -0.05) is 49.4 Å². The van der Waals surface area contributed by atoms with Crippen molar-refractivity contribution < 1.29 is 4.79 Å². The largest absolute Gasteiger partial charge is 0.311 e. The number of hydrogen-bond acceptors (Lipinski definition) is 2. The van der Waals surface area contributed by atoms with Crippen molar-refractivity contribution in [2.75, 3.05) is 25.5 Å². The van der Waals surface area contributed by atoms with Gasteiger partial charge in [-0.2, -0.15) is 0 Å². The van der Waals surface area contributed by atoms with Crippen LogP contribution in [0.4, 0.5) is 5.69 Å². The van der Waals surface area contributed by atoms with Crippen molar-refractivity contribution >= 4 is 17.7 Å². The standard InChI is InChI=1S/C24H30N2O/c1-4-19-12-14-21(15-13-19)24(27)26(3)23-11-6-5-9-20(23)16-17-22-10-7-8-18-25(22)2/h4-6,9,11-15,22H,1,7-8,10,16-18H2,2-3H3. The van der Waals surface area contributed by atoms with Crippen LogP contribution in [0.25, 0.3) is 6.08 Å². The van der Waals surface area contributed by atoms with Crippen molar-refractivity contribution in [1.29, 1.82) is 0 Å². The van der Waals surface area contributed by atoms with Gasteiger partial charge in [-0.3, -0.25) is 4.79 Å². The molecule has 2 aromatic rings. The average Bonchev–Trinajstić information content (AvgIpc) is 2.72. The summed E-state index contributed by atoms with van der Waals surface area (Å²) in [4.78, 5) is 17.2. The highest BCUT2D eigenvalue weighted by Gasteiger charge is 2.20. The van der Waals surface area contributed by atoms with Gasteiger partial charge < -0.3 is 9.80 Å². The molecular weight excluding hydrogens is 332 g/mol. The fourth-order valence-electron chi connectivity index (χ4n) is 3.95. The molecule has 0 aliphatic carbocycles. The smallest absolute Gasteiger partial charge is 0.258 e. The van der Waals surface area contributed by atoms with Gasteiger partial charge in [0.2, 0.25) is 0 Å². The molecule has 3 heteroatoms. The van der Waals surface area contributed by atoms with Crippen LogP contribution in [-0.2, 0) is 6.42 Å². The molecule has 3 nitrogen and oxygen atoms in total. The maximum atomic E-state index is 12.9. The van der Waals surface area contributed by atoms with Crippen LogP contribution in [0.3, 0.4) is 0 Å². The molecule has 1 amide bonds. The number of likely N-dealkylation sites (tertiary alicyclic amines) is 1. The Morgan fingerprint density at radius 3 is 2.63 bits per heavy atom. The fourth-order valence-corrected chi connectivity index (χ4v) is 3.95. The van der Waals surface area contributed by atoms with E-state index in [2.05, 4.69) is 36.7 Å². The third kappa shape index (κ3) is 4.67. The van der Waals surface area contributed by atoms with E-state index in [1.54, 1.807) is 11.0 Å². The first-order valence-corrected chi connectivity index (χ1v) is 9.89. The highest BCUT2D eigenvalue weighted by Crippen LogP contribution is 2.25. The van der Waals surface area contributed by atoms with E-state index in [0.29, 0.717) is 11.6 Å². The van der Waals surface area contributed by atoms with E-state index in [-0.39, 0.29) is 5.91 Å². The summed E-state index contributed by atoms with van der Waals surface area (Å²) < 4.78 is 0. The lowest BCUT2D eigenvalue weighted by Gasteiger charge is -2.32. The number of para-hydroxylation sites is 1. The molecule has 1 atom stereocenters. The first kappa shape index (κ1) is 19.4. The van der Waals surface area contributed by atoms with Crippen LogP contribution in [0.1, 0.15) is 47.2 Å². The number of nitrogens with zero attached hydrogens (tertiary/aromatic N) is 2. The molecule has 0 aromatic heterocycles. The van der Waals surface area contributed by atoms with Crippen LogP contribution in [0.15, 0.2) is 55.1 Å². The summed E-state index contributed by atoms with van der Waals surface area (Å²) in [6, 6.07) is 16.5. The minimum Gasteiger partial charge on any atom is -0.311 e. The maximum Gasteiger partial charge on any atom is 0.258 e. The predicted octanol–water partition coefficient (Wildman–Crippen LogP) is 5.02. The molecule has 3 rings (SSSR count). The molecule has 27 heavy (non-hydrogen) atoms. The van der Waals surface area contributed by atoms with E-state index < -0.39 is 0 Å². The van der Waals surface area contributed by atoms with Crippen LogP contribution in [0.2, 0.25) is 0 Å². The van der Waals surface area contributed by atoms with Gasteiger partial charge in [0.1, 0.15) is 0 Å². The molecule has 0 radical (unpaired) electrons. The molecule has 0 N–H and O–H groups in total. The molecule has 1 aliphatic rings. The fraction of sp³-hybridized carbons (Fsp3) is 0.375. The Morgan fingerprint density at radius 1 is 1.19 bits per heavy atom. The molecule has 1 fully saturated rings. The first-order valence-electron chi connectivity index (χ1n) is 9.89. The number of amides is 1. The molecule has 1 unspecified atom stereocenters. The van der Waals surface area contributed by atoms with Crippen molar-refractivity contribution in [3.05, 3.63) is 71.8 Å². The Kier molecular flexibility index (Phi) is 6.46. The number of piperidine rings is 1. The number of benzene rings is 2. The lowest BCUT2D eigenvalue weighted by atomic mass is 9.95. The zero-order valence-corrected chi connectivity index (χ0v) is 16.5. The summed E-state index contributed by atoms with van der Waals surface area (Å²) in [6.07, 6.45) is 7.85. The van der Waals surface area contributed by atoms with Crippen LogP contribution >= 0.6 is 0 Å². The van der Waals surface area contributed by atoms with Gasteiger partial charge in [0.25, 0.3) is 5.91 Å². The van der Waals surface area contributed by atoms with Gasteiger partial charge in [-0.25, -0.2) is 0 Å². The zero-order valence-electron chi connectivity index (χ0n) is 16.5. The lowest BCUT2D eigenvalue weighted by Crippen LogP contribution is -2.36. The van der Waals surface area contributed by atoms with Crippen molar-refractivity contribution in [2.24, 2.45) is 0 Å². The monoisotopic (exact) mass is 362 g/mol. The molecule has 0 bridgehead atoms. The quantitative estimate of drug-likeness (QED) is 0.720. The lowest BCUT2D eigenvalue weighted by molar-refractivity contribution is 0.0993. The minimum absolute atomic E-state index is 0.0212. The van der Waals surface area contributed by atoms with E-state index in [4.69, 9.17) is 0 Å². The molecule has 1 saturated heterocycles. The average molecular weight is 363 g/mol. The number of carbonyl (C=O) groups excluding carboxylic acids is 1. The molecule has 1 aliphatic heterocycles. The van der Waals surface area contributed by atoms with Crippen LogP contribution in [0.5, 0.6) is 0 Å².